The van der Waals surface area contributed by atoms with E-state index in [2.05, 4.69) is 36.9 Å². The van der Waals surface area contributed by atoms with Crippen molar-refractivity contribution >= 4 is 35.9 Å². The van der Waals surface area contributed by atoms with Gasteiger partial charge in [0.05, 0.1) is 19.4 Å². The maximum Gasteiger partial charge on any atom is 0.246 e. The van der Waals surface area contributed by atoms with Crippen molar-refractivity contribution in [2.75, 3.05) is 32.7 Å². The molecule has 2 aliphatic heterocycles. The van der Waals surface area contributed by atoms with Gasteiger partial charge >= 0.3 is 0 Å². The molecule has 2 saturated heterocycles. The highest BCUT2D eigenvalue weighted by molar-refractivity contribution is 5.97. The van der Waals surface area contributed by atoms with Gasteiger partial charge in [0.15, 0.2) is 0 Å². The predicted octanol–water partition coefficient (Wildman–Crippen LogP) is -3.38. The zero-order valence-corrected chi connectivity index (χ0v) is 18.9. The summed E-state index contributed by atoms with van der Waals surface area (Å²) in [5, 5.41) is 16.2. The summed E-state index contributed by atoms with van der Waals surface area (Å²) in [6.07, 6.45) is 2.83. The number of amides is 5. The Kier molecular flexibility index (Phi) is 10.0. The van der Waals surface area contributed by atoms with Crippen molar-refractivity contribution in [3.8, 4) is 0 Å². The number of hydrogen-bond donors (Lipinski definition) is 7. The lowest BCUT2D eigenvalue weighted by Gasteiger charge is -2.38. The summed E-state index contributed by atoms with van der Waals surface area (Å²) in [6.45, 7) is 2.38. The Morgan fingerprint density at radius 2 is 1.61 bits per heavy atom. The van der Waals surface area contributed by atoms with E-state index in [9.17, 15) is 24.0 Å². The molecule has 0 radical (unpaired) electrons. The topological polar surface area (TPSA) is 196 Å². The third-order valence-corrected chi connectivity index (χ3v) is 5.68. The van der Waals surface area contributed by atoms with E-state index in [1.54, 1.807) is 6.92 Å². The number of hydrogen-bond acceptors (Lipinski definition) is 7. The first-order valence-electron chi connectivity index (χ1n) is 11.2. The summed E-state index contributed by atoms with van der Waals surface area (Å²) in [7, 11) is 0. The fourth-order valence-corrected chi connectivity index (χ4v) is 3.78. The molecule has 2 unspecified atom stereocenters. The second-order valence-electron chi connectivity index (χ2n) is 8.07. The lowest BCUT2D eigenvalue weighted by Crippen LogP contribution is -2.65. The van der Waals surface area contributed by atoms with Crippen molar-refractivity contribution < 1.29 is 24.0 Å². The third-order valence-electron chi connectivity index (χ3n) is 5.68. The van der Waals surface area contributed by atoms with Crippen molar-refractivity contribution in [3.63, 3.8) is 0 Å². The van der Waals surface area contributed by atoms with Crippen molar-refractivity contribution in [1.29, 1.82) is 0 Å². The zero-order chi connectivity index (χ0) is 24.3. The quantitative estimate of drug-likeness (QED) is 0.125. The van der Waals surface area contributed by atoms with Crippen molar-refractivity contribution in [1.82, 2.24) is 31.9 Å². The van der Waals surface area contributed by atoms with Crippen molar-refractivity contribution in [2.45, 2.75) is 56.7 Å². The molecule has 2 fully saturated rings. The smallest absolute Gasteiger partial charge is 0.246 e. The molecule has 0 aromatic carbocycles. The molecule has 0 aromatic heterocycles. The van der Waals surface area contributed by atoms with Crippen LogP contribution in [0.1, 0.15) is 39.0 Å². The minimum Gasteiger partial charge on any atom is -0.390 e. The molecule has 33 heavy (non-hydrogen) atoms. The Morgan fingerprint density at radius 1 is 0.970 bits per heavy atom. The molecule has 0 saturated carbocycles. The van der Waals surface area contributed by atoms with Gasteiger partial charge in [0.2, 0.25) is 29.5 Å². The van der Waals surface area contributed by atoms with E-state index in [-0.39, 0.29) is 19.5 Å². The number of carbonyl (C=O) groups excluding carboxylic acids is 5. The van der Waals surface area contributed by atoms with Crippen LogP contribution in [0, 0.1) is 0 Å². The summed E-state index contributed by atoms with van der Waals surface area (Å²) < 4.78 is 0. The number of aliphatic imine (C=N–C) groups is 1. The van der Waals surface area contributed by atoms with E-state index in [1.807, 2.05) is 0 Å². The summed E-state index contributed by atoms with van der Waals surface area (Å²) >= 11 is 0. The van der Waals surface area contributed by atoms with Gasteiger partial charge in [-0.15, -0.1) is 0 Å². The Labute approximate surface area is 192 Å². The number of nitrogens with two attached hydrogens (primary N) is 1. The molecular formula is C20H34N8O5. The number of rotatable bonds is 5. The molecule has 2 aliphatic rings. The van der Waals surface area contributed by atoms with Crippen molar-refractivity contribution in [2.24, 2.45) is 10.7 Å². The molecule has 8 N–H and O–H groups in total. The fourth-order valence-electron chi connectivity index (χ4n) is 3.78. The molecule has 0 aromatic rings. The van der Waals surface area contributed by atoms with Crippen LogP contribution in [0.15, 0.2) is 4.99 Å². The molecule has 5 amide bonds. The normalized spacial score (nSPS) is 25.3. The molecule has 0 aliphatic carbocycles. The van der Waals surface area contributed by atoms with Gasteiger partial charge in [-0.1, -0.05) is 6.92 Å². The van der Waals surface area contributed by atoms with Gasteiger partial charge in [-0.3, -0.25) is 29.0 Å². The van der Waals surface area contributed by atoms with E-state index >= 15 is 0 Å². The van der Waals surface area contributed by atoms with Crippen LogP contribution in [0.25, 0.3) is 0 Å². The lowest BCUT2D eigenvalue weighted by molar-refractivity contribution is -0.137. The van der Waals surface area contributed by atoms with E-state index in [0.29, 0.717) is 45.3 Å². The second kappa shape index (κ2) is 12.7. The molecule has 0 bridgehead atoms. The molecule has 1 spiro atoms. The minimum absolute atomic E-state index is 0.260. The average Bonchev–Trinajstić information content (AvgIpc) is 2.81. The number of nitrogens with zero attached hydrogens (tertiary/aromatic N) is 1. The minimum atomic E-state index is -1.22. The second-order valence-corrected chi connectivity index (χ2v) is 8.07. The van der Waals surface area contributed by atoms with Crippen molar-refractivity contribution in [3.05, 3.63) is 0 Å². The SMILES string of the molecule is CCC1NC(=O)CNC(=O)C2(CCNCC2)NC(=O)C(CCCN=CN)NC(=O)CNC1=O. The van der Waals surface area contributed by atoms with Crippen LogP contribution >= 0.6 is 0 Å². The molecular weight excluding hydrogens is 432 g/mol. The van der Waals surface area contributed by atoms with Gasteiger partial charge in [0.25, 0.3) is 0 Å². The standard InChI is InChI=1S/C20H34N8O5/c1-2-13-17(31)24-10-15(29)27-14(4-3-7-23-12-21)18(32)28-20(5-8-22-9-6-20)19(33)25-11-16(30)26-13/h12-14,22H,2-11H2,1H3,(H2,21,23)(H,24,31)(H,25,33)(H,26,30)(H,27,29)(H,28,32). The predicted molar refractivity (Wildman–Crippen MR) is 120 cm³/mol. The van der Waals surface area contributed by atoms with Crippen LogP contribution in [0.3, 0.4) is 0 Å². The van der Waals surface area contributed by atoms with Gasteiger partial charge in [-0.2, -0.15) is 0 Å². The maximum atomic E-state index is 13.2. The number of nitrogens with one attached hydrogen (secondary N) is 6. The Balaban J connectivity index is 2.27. The van der Waals surface area contributed by atoms with Crippen LogP contribution in [0.4, 0.5) is 0 Å². The molecule has 13 heteroatoms. The summed E-state index contributed by atoms with van der Waals surface area (Å²) in [5.41, 5.74) is 4.02. The van der Waals surface area contributed by atoms with E-state index in [4.69, 9.17) is 5.73 Å². The molecule has 2 rings (SSSR count). The lowest BCUT2D eigenvalue weighted by atomic mass is 9.86. The monoisotopic (exact) mass is 466 g/mol. The van der Waals surface area contributed by atoms with Crippen LogP contribution in [-0.2, 0) is 24.0 Å². The van der Waals surface area contributed by atoms with E-state index < -0.39 is 47.2 Å². The van der Waals surface area contributed by atoms with Crippen LogP contribution in [-0.4, -0.2) is 86.2 Å². The molecule has 13 nitrogen and oxygen atoms in total. The van der Waals surface area contributed by atoms with Gasteiger partial charge in [0.1, 0.15) is 17.6 Å². The molecule has 2 atom stereocenters. The number of carbonyl (C=O) groups is 5. The number of piperidine rings is 1. The van der Waals surface area contributed by atoms with Gasteiger partial charge in [-0.05, 0) is 45.2 Å². The average molecular weight is 467 g/mol. The molecule has 2 heterocycles. The van der Waals surface area contributed by atoms with Crippen LogP contribution in [0.2, 0.25) is 0 Å². The van der Waals surface area contributed by atoms with Crippen LogP contribution in [0.5, 0.6) is 0 Å². The Morgan fingerprint density at radius 3 is 2.24 bits per heavy atom. The first kappa shape index (κ1) is 26.0. The van der Waals surface area contributed by atoms with Gasteiger partial charge in [-0.25, -0.2) is 0 Å². The van der Waals surface area contributed by atoms with E-state index in [0.717, 1.165) is 0 Å². The zero-order valence-electron chi connectivity index (χ0n) is 18.9. The Hall–Kier alpha value is -3.22. The fraction of sp³-hybridized carbons (Fsp3) is 0.700. The Bertz CT molecular complexity index is 766. The highest BCUT2D eigenvalue weighted by atomic mass is 16.2. The first-order valence-corrected chi connectivity index (χ1v) is 11.2. The van der Waals surface area contributed by atoms with Gasteiger partial charge in [0, 0.05) is 6.54 Å². The molecule has 184 valence electrons. The van der Waals surface area contributed by atoms with Crippen LogP contribution < -0.4 is 37.6 Å². The summed E-state index contributed by atoms with van der Waals surface area (Å²) in [4.78, 5) is 67.3. The first-order chi connectivity index (χ1) is 15.8. The largest absolute Gasteiger partial charge is 0.390 e. The highest BCUT2D eigenvalue weighted by Gasteiger charge is 2.42. The summed E-state index contributed by atoms with van der Waals surface area (Å²) in [5.74, 6) is -2.65. The van der Waals surface area contributed by atoms with E-state index in [1.165, 1.54) is 6.34 Å². The maximum absolute atomic E-state index is 13.2. The third kappa shape index (κ3) is 7.70. The highest BCUT2D eigenvalue weighted by Crippen LogP contribution is 2.19. The van der Waals surface area contributed by atoms with Gasteiger partial charge < -0.3 is 37.6 Å². The summed E-state index contributed by atoms with van der Waals surface area (Å²) in [6, 6.07) is -1.79.